The fraction of sp³-hybridized carbons (Fsp3) is 0.704. The Kier molecular flexibility index (Phi) is 11.4. The smallest absolute Gasteiger partial charge is 0.223 e. The molecule has 192 valence electrons. The summed E-state index contributed by atoms with van der Waals surface area (Å²) in [5.74, 6) is 0.131. The topological polar surface area (TPSA) is 84.0 Å². The molecular formula is C27H44N2O5. The summed E-state index contributed by atoms with van der Waals surface area (Å²) in [6.45, 7) is 16.8. The lowest BCUT2D eigenvalue weighted by Crippen LogP contribution is -2.43. The first-order chi connectivity index (χ1) is 15.7. The Morgan fingerprint density at radius 1 is 0.912 bits per heavy atom. The minimum absolute atomic E-state index is 0.0672. The average Bonchev–Trinajstić information content (AvgIpc) is 2.74. The van der Waals surface area contributed by atoms with E-state index in [1.54, 1.807) is 37.6 Å². The quantitative estimate of drug-likeness (QED) is 0.297. The van der Waals surface area contributed by atoms with Crippen LogP contribution in [-0.2, 0) is 23.9 Å². The molecular weight excluding hydrogens is 432 g/mol. The van der Waals surface area contributed by atoms with Crippen molar-refractivity contribution >= 4 is 23.4 Å². The van der Waals surface area contributed by atoms with E-state index >= 15 is 0 Å². The van der Waals surface area contributed by atoms with E-state index in [1.807, 2.05) is 13.8 Å². The zero-order valence-corrected chi connectivity index (χ0v) is 22.7. The molecule has 0 bridgehead atoms. The highest BCUT2D eigenvalue weighted by atomic mass is 16.5. The van der Waals surface area contributed by atoms with Crippen molar-refractivity contribution in [3.05, 3.63) is 22.3 Å². The van der Waals surface area contributed by atoms with Gasteiger partial charge in [0.15, 0.2) is 11.6 Å². The molecule has 34 heavy (non-hydrogen) atoms. The minimum Gasteiger partial charge on any atom is -0.380 e. The largest absolute Gasteiger partial charge is 0.380 e. The van der Waals surface area contributed by atoms with E-state index in [1.165, 1.54) is 6.92 Å². The summed E-state index contributed by atoms with van der Waals surface area (Å²) >= 11 is 0. The standard InChI is InChI=1S/C27H44N2O5/c1-18(2)11-10-15-34-16-14-29(13-12-28(9)22(6)30)23(31)17-27(7,8)24-21(5)25(32)19(3)20(4)26(24)33/h18H,10-17H2,1-9H3. The van der Waals surface area contributed by atoms with Gasteiger partial charge in [0.2, 0.25) is 11.8 Å². The Bertz CT molecular complexity index is 851. The Balaban J connectivity index is 2.95. The van der Waals surface area contributed by atoms with E-state index in [-0.39, 0.29) is 29.8 Å². The van der Waals surface area contributed by atoms with Gasteiger partial charge >= 0.3 is 0 Å². The molecule has 0 spiro atoms. The van der Waals surface area contributed by atoms with Crippen LogP contribution in [0, 0.1) is 11.3 Å². The fourth-order valence-corrected chi connectivity index (χ4v) is 4.15. The van der Waals surface area contributed by atoms with Gasteiger partial charge in [-0.25, -0.2) is 0 Å². The zero-order valence-electron chi connectivity index (χ0n) is 22.7. The molecule has 0 N–H and O–H groups in total. The molecule has 7 heteroatoms. The van der Waals surface area contributed by atoms with Crippen molar-refractivity contribution in [2.75, 3.05) is 39.9 Å². The van der Waals surface area contributed by atoms with Crippen LogP contribution in [0.2, 0.25) is 0 Å². The molecule has 1 rings (SSSR count). The number of carbonyl (C=O) groups excluding carboxylic acids is 4. The normalized spacial score (nSPS) is 14.9. The molecule has 0 aromatic carbocycles. The summed E-state index contributed by atoms with van der Waals surface area (Å²) in [5, 5.41) is 0. The van der Waals surface area contributed by atoms with E-state index in [9.17, 15) is 19.2 Å². The summed E-state index contributed by atoms with van der Waals surface area (Å²) < 4.78 is 5.75. The second kappa shape index (κ2) is 13.0. The third kappa shape index (κ3) is 8.19. The number of rotatable bonds is 13. The van der Waals surface area contributed by atoms with Crippen molar-refractivity contribution in [2.24, 2.45) is 11.3 Å². The van der Waals surface area contributed by atoms with E-state index in [0.717, 1.165) is 12.8 Å². The second-order valence-electron chi connectivity index (χ2n) is 10.4. The maximum atomic E-state index is 13.4. The third-order valence-electron chi connectivity index (χ3n) is 6.63. The SMILES string of the molecule is CC(=O)N(C)CCN(CCOCCCC(C)C)C(=O)CC(C)(C)C1=C(C)C(=O)C(C)=C(C)C1=O. The van der Waals surface area contributed by atoms with Gasteiger partial charge in [0.05, 0.1) is 6.61 Å². The van der Waals surface area contributed by atoms with Crippen molar-refractivity contribution in [3.8, 4) is 0 Å². The first-order valence-electron chi connectivity index (χ1n) is 12.3. The van der Waals surface area contributed by atoms with Crippen LogP contribution in [0.15, 0.2) is 22.3 Å². The molecule has 0 unspecified atom stereocenters. The van der Waals surface area contributed by atoms with Crippen LogP contribution in [0.3, 0.4) is 0 Å². The molecule has 7 nitrogen and oxygen atoms in total. The molecule has 0 radical (unpaired) electrons. The minimum atomic E-state index is -0.807. The molecule has 0 aliphatic heterocycles. The maximum Gasteiger partial charge on any atom is 0.223 e. The molecule has 0 aromatic heterocycles. The van der Waals surface area contributed by atoms with Crippen LogP contribution >= 0.6 is 0 Å². The van der Waals surface area contributed by atoms with E-state index in [0.29, 0.717) is 61.1 Å². The van der Waals surface area contributed by atoms with Crippen LogP contribution in [0.4, 0.5) is 0 Å². The van der Waals surface area contributed by atoms with Crippen LogP contribution in [-0.4, -0.2) is 73.1 Å². The Labute approximate surface area is 205 Å². The van der Waals surface area contributed by atoms with Gasteiger partial charge in [-0.05, 0) is 39.5 Å². The molecule has 0 fully saturated rings. The molecule has 1 aliphatic rings. The first-order valence-corrected chi connectivity index (χ1v) is 12.3. The summed E-state index contributed by atoms with van der Waals surface area (Å²) in [6, 6.07) is 0. The number of ether oxygens (including phenoxy) is 1. The van der Waals surface area contributed by atoms with Gasteiger partial charge in [0.25, 0.3) is 0 Å². The van der Waals surface area contributed by atoms with Crippen LogP contribution < -0.4 is 0 Å². The lowest BCUT2D eigenvalue weighted by molar-refractivity contribution is -0.135. The highest BCUT2D eigenvalue weighted by Crippen LogP contribution is 2.39. The Morgan fingerprint density at radius 2 is 1.50 bits per heavy atom. The van der Waals surface area contributed by atoms with Crippen LogP contribution in [0.25, 0.3) is 0 Å². The highest BCUT2D eigenvalue weighted by Gasteiger charge is 2.39. The van der Waals surface area contributed by atoms with Gasteiger partial charge in [-0.15, -0.1) is 0 Å². The average molecular weight is 477 g/mol. The Hall–Kier alpha value is -2.28. The molecule has 1 aliphatic carbocycles. The van der Waals surface area contributed by atoms with Gasteiger partial charge < -0.3 is 14.5 Å². The monoisotopic (exact) mass is 476 g/mol. The number of likely N-dealkylation sites (N-methyl/N-ethyl adjacent to an activating group) is 1. The number of ketones is 2. The van der Waals surface area contributed by atoms with Crippen molar-refractivity contribution in [1.29, 1.82) is 0 Å². The van der Waals surface area contributed by atoms with Crippen LogP contribution in [0.5, 0.6) is 0 Å². The predicted octanol–water partition coefficient (Wildman–Crippen LogP) is 3.97. The van der Waals surface area contributed by atoms with Gasteiger partial charge in [0.1, 0.15) is 0 Å². The Morgan fingerprint density at radius 3 is 2.06 bits per heavy atom. The molecule has 0 saturated carbocycles. The maximum absolute atomic E-state index is 13.4. The predicted molar refractivity (Wildman–Crippen MR) is 134 cm³/mol. The lowest BCUT2D eigenvalue weighted by atomic mass is 9.71. The number of Topliss-reactive ketones (excluding diaryl/α,β-unsaturated/α-hetero) is 2. The molecule has 0 saturated heterocycles. The zero-order chi connectivity index (χ0) is 26.2. The fourth-order valence-electron chi connectivity index (χ4n) is 4.15. The first kappa shape index (κ1) is 29.8. The lowest BCUT2D eigenvalue weighted by Gasteiger charge is -2.34. The molecule has 0 atom stereocenters. The van der Waals surface area contributed by atoms with E-state index in [2.05, 4.69) is 13.8 Å². The molecule has 2 amide bonds. The van der Waals surface area contributed by atoms with Gasteiger partial charge in [-0.2, -0.15) is 0 Å². The van der Waals surface area contributed by atoms with Crippen molar-refractivity contribution in [1.82, 2.24) is 9.80 Å². The summed E-state index contributed by atoms with van der Waals surface area (Å²) in [4.78, 5) is 54.0. The van der Waals surface area contributed by atoms with E-state index < -0.39 is 5.41 Å². The van der Waals surface area contributed by atoms with Gasteiger partial charge in [-0.1, -0.05) is 27.7 Å². The van der Waals surface area contributed by atoms with Crippen molar-refractivity contribution < 1.29 is 23.9 Å². The number of carbonyl (C=O) groups is 4. The van der Waals surface area contributed by atoms with Crippen molar-refractivity contribution in [2.45, 2.75) is 74.7 Å². The number of hydrogen-bond acceptors (Lipinski definition) is 5. The highest BCUT2D eigenvalue weighted by molar-refractivity contribution is 6.25. The number of amides is 2. The van der Waals surface area contributed by atoms with Gasteiger partial charge in [0, 0.05) is 74.3 Å². The second-order valence-corrected chi connectivity index (χ2v) is 10.4. The summed E-state index contributed by atoms with van der Waals surface area (Å²) in [6.07, 6.45) is 2.15. The number of nitrogens with zero attached hydrogens (tertiary/aromatic N) is 2. The molecule has 0 aromatic rings. The third-order valence-corrected chi connectivity index (χ3v) is 6.63. The van der Waals surface area contributed by atoms with E-state index in [4.69, 9.17) is 4.74 Å². The summed E-state index contributed by atoms with van der Waals surface area (Å²) in [5.41, 5.74) is 0.943. The summed E-state index contributed by atoms with van der Waals surface area (Å²) in [7, 11) is 1.70. The van der Waals surface area contributed by atoms with Crippen LogP contribution in [0.1, 0.15) is 74.7 Å². The molecule has 0 heterocycles. The van der Waals surface area contributed by atoms with Gasteiger partial charge in [-0.3, -0.25) is 19.2 Å². The number of allylic oxidation sites excluding steroid dienone is 4. The van der Waals surface area contributed by atoms with Crippen molar-refractivity contribution in [3.63, 3.8) is 0 Å². The number of hydrogen-bond donors (Lipinski definition) is 0.